The fourth-order valence-electron chi connectivity index (χ4n) is 2.08. The van der Waals surface area contributed by atoms with E-state index < -0.39 is 11.5 Å². The lowest BCUT2D eigenvalue weighted by Crippen LogP contribution is -2.18. The molecule has 0 unspecified atom stereocenters. The van der Waals surface area contributed by atoms with Crippen LogP contribution >= 0.6 is 23.2 Å². The van der Waals surface area contributed by atoms with Gasteiger partial charge in [-0.3, -0.25) is 9.59 Å². The first-order valence-electron chi connectivity index (χ1n) is 7.54. The minimum atomic E-state index is -0.576. The smallest absolute Gasteiger partial charge is 0.274 e. The minimum Gasteiger partial charge on any atom is -0.491 e. The molecule has 0 spiro atoms. The van der Waals surface area contributed by atoms with Crippen molar-refractivity contribution in [2.75, 3.05) is 19.0 Å². The van der Waals surface area contributed by atoms with Crippen LogP contribution in [0.5, 0.6) is 11.5 Å². The number of hydrogen-bond acceptors (Lipinski definition) is 5. The van der Waals surface area contributed by atoms with Crippen molar-refractivity contribution in [1.82, 2.24) is 9.97 Å². The third-order valence-electron chi connectivity index (χ3n) is 3.68. The molecule has 132 valence electrons. The molecule has 1 aliphatic carbocycles. The molecule has 25 heavy (non-hydrogen) atoms. The van der Waals surface area contributed by atoms with Gasteiger partial charge in [0, 0.05) is 12.3 Å². The topological polar surface area (TPSA) is 93.3 Å². The molecule has 1 saturated carbocycles. The number of rotatable bonds is 6. The molecule has 7 nitrogen and oxygen atoms in total. The number of methoxy groups -OCH3 is 1. The molecule has 1 aliphatic rings. The second kappa shape index (κ2) is 7.33. The number of aromatic amines is 1. The van der Waals surface area contributed by atoms with Gasteiger partial charge in [0.15, 0.2) is 11.5 Å². The van der Waals surface area contributed by atoms with Gasteiger partial charge in [-0.15, -0.1) is 0 Å². The molecule has 2 aromatic rings. The number of carbonyl (C=O) groups excluding carboxylic acids is 1. The van der Waals surface area contributed by atoms with E-state index in [-0.39, 0.29) is 21.4 Å². The largest absolute Gasteiger partial charge is 0.491 e. The van der Waals surface area contributed by atoms with Crippen LogP contribution in [0.4, 0.5) is 5.69 Å². The minimum absolute atomic E-state index is 0.0233. The highest BCUT2D eigenvalue weighted by atomic mass is 35.5. The Kier molecular flexibility index (Phi) is 5.15. The van der Waals surface area contributed by atoms with E-state index in [2.05, 4.69) is 15.3 Å². The molecule has 2 aromatic heterocycles. The van der Waals surface area contributed by atoms with Gasteiger partial charge in [0.2, 0.25) is 0 Å². The first kappa shape index (κ1) is 17.6. The summed E-state index contributed by atoms with van der Waals surface area (Å²) in [6.07, 6.45) is 4.93. The first-order chi connectivity index (χ1) is 12.0. The zero-order valence-corrected chi connectivity index (χ0v) is 14.8. The summed E-state index contributed by atoms with van der Waals surface area (Å²) in [6.45, 7) is 0.563. The number of nitrogens with one attached hydrogen (secondary N) is 2. The summed E-state index contributed by atoms with van der Waals surface area (Å²) in [7, 11) is 1.50. The Bertz CT molecular complexity index is 865. The molecule has 3 rings (SSSR count). The van der Waals surface area contributed by atoms with Crippen LogP contribution in [-0.4, -0.2) is 29.6 Å². The molecule has 1 fully saturated rings. The predicted octanol–water partition coefficient (Wildman–Crippen LogP) is 3.13. The number of aromatic nitrogens is 2. The van der Waals surface area contributed by atoms with Gasteiger partial charge in [0.1, 0.15) is 10.7 Å². The maximum absolute atomic E-state index is 12.4. The number of halogens is 2. The van der Waals surface area contributed by atoms with Crippen LogP contribution in [0.2, 0.25) is 10.0 Å². The lowest BCUT2D eigenvalue weighted by molar-refractivity contribution is 0.102. The number of H-pyrrole nitrogens is 1. The van der Waals surface area contributed by atoms with E-state index in [0.29, 0.717) is 24.0 Å². The Balaban J connectivity index is 1.83. The lowest BCUT2D eigenvalue weighted by atomic mass is 10.3. The lowest BCUT2D eigenvalue weighted by Gasteiger charge is -2.12. The molecule has 0 aromatic carbocycles. The third-order valence-corrected chi connectivity index (χ3v) is 4.34. The SMILES string of the molecule is COc1cnc(C(=O)Nc2c(Cl)c[nH]c(=O)c2Cl)cc1OCC1CC1. The van der Waals surface area contributed by atoms with E-state index in [9.17, 15) is 9.59 Å². The number of nitrogens with zero attached hydrogens (tertiary/aromatic N) is 1. The van der Waals surface area contributed by atoms with E-state index in [1.807, 2.05) is 0 Å². The van der Waals surface area contributed by atoms with Crippen molar-refractivity contribution in [2.45, 2.75) is 12.8 Å². The highest BCUT2D eigenvalue weighted by molar-refractivity contribution is 6.39. The highest BCUT2D eigenvalue weighted by Crippen LogP contribution is 2.33. The van der Waals surface area contributed by atoms with Crippen molar-refractivity contribution < 1.29 is 14.3 Å². The average Bonchev–Trinajstić information content (AvgIpc) is 3.44. The van der Waals surface area contributed by atoms with Crippen molar-refractivity contribution in [1.29, 1.82) is 0 Å². The normalized spacial score (nSPS) is 13.4. The molecule has 0 bridgehead atoms. The summed E-state index contributed by atoms with van der Waals surface area (Å²) in [5.74, 6) is 0.833. The van der Waals surface area contributed by atoms with E-state index in [1.54, 1.807) is 0 Å². The summed E-state index contributed by atoms with van der Waals surface area (Å²) < 4.78 is 10.9. The number of hydrogen-bond donors (Lipinski definition) is 2. The van der Waals surface area contributed by atoms with Crippen LogP contribution in [0.25, 0.3) is 0 Å². The second-order valence-corrected chi connectivity index (χ2v) is 6.37. The van der Waals surface area contributed by atoms with Gasteiger partial charge < -0.3 is 19.8 Å². The van der Waals surface area contributed by atoms with Crippen LogP contribution < -0.4 is 20.3 Å². The predicted molar refractivity (Wildman–Crippen MR) is 94.0 cm³/mol. The zero-order chi connectivity index (χ0) is 18.0. The molecule has 9 heteroatoms. The number of anilines is 1. The molecule has 0 aliphatic heterocycles. The Morgan fingerprint density at radius 2 is 2.16 bits per heavy atom. The van der Waals surface area contributed by atoms with Gasteiger partial charge in [-0.05, 0) is 18.8 Å². The summed E-state index contributed by atoms with van der Waals surface area (Å²) >= 11 is 11.9. The standard InChI is InChI=1S/C16H15Cl2N3O4/c1-24-12-6-19-10(4-11(12)25-7-8-2-3-8)15(22)21-14-9(17)5-20-16(23)13(14)18/h4-6,8H,2-3,7H2,1H3,(H2,20,21,22,23). The van der Waals surface area contributed by atoms with E-state index in [0.717, 1.165) is 12.8 Å². The van der Waals surface area contributed by atoms with Gasteiger partial charge in [0.05, 0.1) is 30.6 Å². The molecule has 0 radical (unpaired) electrons. The maximum atomic E-state index is 12.4. The van der Waals surface area contributed by atoms with Crippen LogP contribution in [0.3, 0.4) is 0 Å². The monoisotopic (exact) mass is 383 g/mol. The van der Waals surface area contributed by atoms with Gasteiger partial charge >= 0.3 is 0 Å². The first-order valence-corrected chi connectivity index (χ1v) is 8.30. The Morgan fingerprint density at radius 3 is 2.84 bits per heavy atom. The Hall–Kier alpha value is -2.25. The summed E-state index contributed by atoms with van der Waals surface area (Å²) in [5.41, 5.74) is -0.452. The van der Waals surface area contributed by atoms with Gasteiger partial charge in [0.25, 0.3) is 11.5 Å². The molecule has 0 atom stereocenters. The molecule has 2 N–H and O–H groups in total. The number of amides is 1. The molecule has 1 amide bonds. The third kappa shape index (κ3) is 4.05. The summed E-state index contributed by atoms with van der Waals surface area (Å²) in [5, 5.41) is 2.40. The summed E-state index contributed by atoms with van der Waals surface area (Å²) in [4.78, 5) is 30.4. The van der Waals surface area contributed by atoms with Crippen LogP contribution in [0.15, 0.2) is 23.3 Å². The van der Waals surface area contributed by atoms with Crippen LogP contribution in [-0.2, 0) is 0 Å². The highest BCUT2D eigenvalue weighted by Gasteiger charge is 2.23. The number of ether oxygens (including phenoxy) is 2. The quantitative estimate of drug-likeness (QED) is 0.798. The fraction of sp³-hybridized carbons (Fsp3) is 0.312. The van der Waals surface area contributed by atoms with Crippen molar-refractivity contribution in [3.8, 4) is 11.5 Å². The van der Waals surface area contributed by atoms with Crippen molar-refractivity contribution >= 4 is 34.8 Å². The van der Waals surface area contributed by atoms with E-state index >= 15 is 0 Å². The van der Waals surface area contributed by atoms with Gasteiger partial charge in [-0.25, -0.2) is 4.98 Å². The van der Waals surface area contributed by atoms with E-state index in [4.69, 9.17) is 32.7 Å². The van der Waals surface area contributed by atoms with Crippen LogP contribution in [0.1, 0.15) is 23.3 Å². The van der Waals surface area contributed by atoms with Crippen molar-refractivity contribution in [3.05, 3.63) is 44.6 Å². The maximum Gasteiger partial charge on any atom is 0.274 e. The molecular formula is C16H15Cl2N3O4. The average molecular weight is 384 g/mol. The molecular weight excluding hydrogens is 369 g/mol. The zero-order valence-electron chi connectivity index (χ0n) is 13.3. The van der Waals surface area contributed by atoms with Gasteiger partial charge in [-0.2, -0.15) is 0 Å². The van der Waals surface area contributed by atoms with Crippen LogP contribution in [0, 0.1) is 5.92 Å². The van der Waals surface area contributed by atoms with Crippen molar-refractivity contribution in [2.24, 2.45) is 5.92 Å². The van der Waals surface area contributed by atoms with E-state index in [1.165, 1.54) is 25.6 Å². The summed E-state index contributed by atoms with van der Waals surface area (Å²) in [6, 6.07) is 1.48. The number of carbonyl (C=O) groups is 1. The second-order valence-electron chi connectivity index (χ2n) is 5.58. The Morgan fingerprint density at radius 1 is 1.40 bits per heavy atom. The molecule has 0 saturated heterocycles. The van der Waals surface area contributed by atoms with Crippen molar-refractivity contribution in [3.63, 3.8) is 0 Å². The fourth-order valence-corrected chi connectivity index (χ4v) is 2.53. The molecule has 2 heterocycles. The van der Waals surface area contributed by atoms with Gasteiger partial charge in [-0.1, -0.05) is 23.2 Å². The number of pyridine rings is 2. The Labute approximate surface area is 153 Å².